The van der Waals surface area contributed by atoms with Crippen LogP contribution in [-0.4, -0.2) is 228 Å². The lowest BCUT2D eigenvalue weighted by molar-refractivity contribution is -0.143. The maximum Gasteiger partial charge on any atom is 0.245 e. The molecule has 30 N–H and O–H groups in total. The van der Waals surface area contributed by atoms with Crippen LogP contribution in [0, 0.1) is 11.8 Å². The molecule has 12 atom stereocenters. The van der Waals surface area contributed by atoms with Crippen LogP contribution in [0.25, 0.3) is 0 Å². The van der Waals surface area contributed by atoms with Gasteiger partial charge in [0.25, 0.3) is 0 Å². The summed E-state index contributed by atoms with van der Waals surface area (Å²) in [5.74, 6) is -13.4. The topological polar surface area (TPSA) is 649 Å². The molecule has 2 fully saturated rings. The molecule has 4 rings (SSSR count). The number of nitrogens with one attached hydrogen (secondary N) is 11. The number of phenols is 1. The number of carbonyl (C=O) groups is 13. The number of unbranched alkanes of at least 4 members (excludes halogenated alkanes) is 1. The number of fused-ring (bicyclic) bond motifs is 1. The van der Waals surface area contributed by atoms with Gasteiger partial charge in [-0.15, -0.1) is 0 Å². The van der Waals surface area contributed by atoms with Gasteiger partial charge in [-0.1, -0.05) is 98.2 Å². The van der Waals surface area contributed by atoms with E-state index in [2.05, 4.69) is 73.5 Å². The normalized spacial score (nSPS) is 21.8. The second-order valence-corrected chi connectivity index (χ2v) is 29.6. The Labute approximate surface area is 641 Å². The number of guanidine groups is 3. The molecule has 2 saturated heterocycles. The third kappa shape index (κ3) is 33.9. The Balaban J connectivity index is 1.85. The zero-order valence-corrected chi connectivity index (χ0v) is 63.9. The highest BCUT2D eigenvalue weighted by molar-refractivity contribution is 8.76. The highest BCUT2D eigenvalue weighted by Crippen LogP contribution is 2.25. The third-order valence-corrected chi connectivity index (χ3v) is 20.1. The fourth-order valence-corrected chi connectivity index (χ4v) is 13.9. The lowest BCUT2D eigenvalue weighted by Gasteiger charge is -2.32. The van der Waals surface area contributed by atoms with Gasteiger partial charge in [-0.25, -0.2) is 0 Å². The van der Waals surface area contributed by atoms with Gasteiger partial charge >= 0.3 is 0 Å². The zero-order chi connectivity index (χ0) is 80.7. The number of phenolic OH excluding ortho intramolecular Hbond substituents is 1. The van der Waals surface area contributed by atoms with E-state index in [0.717, 1.165) is 21.6 Å². The largest absolute Gasteiger partial charge is 0.508 e. The van der Waals surface area contributed by atoms with Crippen LogP contribution in [0.2, 0.25) is 0 Å². The molecule has 0 bridgehead atoms. The molecule has 0 saturated carbocycles. The van der Waals surface area contributed by atoms with E-state index in [1.165, 1.54) is 17.0 Å². The lowest BCUT2D eigenvalue weighted by atomic mass is 9.96. The lowest BCUT2D eigenvalue weighted by Crippen LogP contribution is -2.61. The maximum atomic E-state index is 15.1. The highest BCUT2D eigenvalue weighted by Gasteiger charge is 2.42. The minimum atomic E-state index is -1.65. The minimum absolute atomic E-state index is 0.0130. The fraction of sp³-hybridized carbons (Fsp3) is 0.594. The van der Waals surface area contributed by atoms with E-state index in [9.17, 15) is 57.8 Å². The number of hydrogen-bond donors (Lipinski definition) is 21. The Morgan fingerprint density at radius 3 is 1.63 bits per heavy atom. The Hall–Kier alpha value is -10.2. The van der Waals surface area contributed by atoms with E-state index in [4.69, 9.17) is 51.6 Å². The van der Waals surface area contributed by atoms with Gasteiger partial charge in [-0.3, -0.25) is 77.3 Å². The van der Waals surface area contributed by atoms with Crippen molar-refractivity contribution in [2.75, 3.05) is 57.3 Å². The van der Waals surface area contributed by atoms with Gasteiger partial charge < -0.3 is 120 Å². The van der Waals surface area contributed by atoms with Gasteiger partial charge in [0.15, 0.2) is 17.9 Å². The quantitative estimate of drug-likeness (QED) is 0.0137. The molecule has 38 nitrogen and oxygen atoms in total. The summed E-state index contributed by atoms with van der Waals surface area (Å²) in [5, 5.41) is 38.9. The van der Waals surface area contributed by atoms with Crippen molar-refractivity contribution < 1.29 is 67.4 Å². The first kappa shape index (κ1) is 91.2. The first-order valence-corrected chi connectivity index (χ1v) is 38.8. The number of rotatable bonds is 33. The van der Waals surface area contributed by atoms with Gasteiger partial charge in [0, 0.05) is 44.1 Å². The number of benzene rings is 2. The molecule has 109 heavy (non-hydrogen) atoms. The molecule has 0 unspecified atom stereocenters. The van der Waals surface area contributed by atoms with Crippen molar-refractivity contribution in [1.29, 1.82) is 0 Å². The summed E-state index contributed by atoms with van der Waals surface area (Å²) in [6, 6.07) is -0.875. The van der Waals surface area contributed by atoms with Crippen molar-refractivity contribution in [2.45, 2.75) is 190 Å². The first-order chi connectivity index (χ1) is 51.8. The number of carbonyl (C=O) groups excluding carboxylic acids is 13. The number of amides is 13. The van der Waals surface area contributed by atoms with Crippen molar-refractivity contribution in [3.8, 4) is 5.75 Å². The minimum Gasteiger partial charge on any atom is -0.508 e. The zero-order valence-electron chi connectivity index (χ0n) is 62.2. The van der Waals surface area contributed by atoms with Gasteiger partial charge in [0.1, 0.15) is 66.2 Å². The molecule has 2 aliphatic rings. The van der Waals surface area contributed by atoms with E-state index in [0.29, 0.717) is 30.4 Å². The molecule has 604 valence electrons. The molecular formula is C69H112N24O14S2. The van der Waals surface area contributed by atoms with Crippen molar-refractivity contribution in [1.82, 2.24) is 63.4 Å². The summed E-state index contributed by atoms with van der Waals surface area (Å²) in [4.78, 5) is 200. The Bertz CT molecular complexity index is 3460. The molecule has 0 aliphatic carbocycles. The molecule has 0 aromatic heterocycles. The third-order valence-electron chi connectivity index (χ3n) is 17.6. The maximum absolute atomic E-state index is 15.1. The Morgan fingerprint density at radius 2 is 1.07 bits per heavy atom. The molecule has 2 aromatic rings. The van der Waals surface area contributed by atoms with Crippen molar-refractivity contribution in [3.63, 3.8) is 0 Å². The average Bonchev–Trinajstić information content (AvgIpc) is 1.78. The van der Waals surface area contributed by atoms with Crippen LogP contribution in [-0.2, 0) is 75.2 Å². The Kier molecular flexibility index (Phi) is 40.4. The van der Waals surface area contributed by atoms with Crippen LogP contribution in [0.5, 0.6) is 5.75 Å². The predicted octanol–water partition coefficient (Wildman–Crippen LogP) is -5.65. The number of nitrogens with zero attached hydrogens (tertiary/aromatic N) is 4. The predicted molar refractivity (Wildman–Crippen MR) is 414 cm³/mol. The number of primary amides is 1. The molecular weight excluding hydrogens is 1450 g/mol. The first-order valence-electron chi connectivity index (χ1n) is 36.3. The second-order valence-electron chi connectivity index (χ2n) is 27.0. The van der Waals surface area contributed by atoms with E-state index >= 15 is 9.59 Å². The van der Waals surface area contributed by atoms with E-state index in [-0.39, 0.29) is 151 Å². The van der Waals surface area contributed by atoms with Crippen LogP contribution in [0.15, 0.2) is 69.6 Å². The molecule has 2 heterocycles. The molecule has 40 heteroatoms. The van der Waals surface area contributed by atoms with Crippen molar-refractivity contribution in [3.05, 3.63) is 65.7 Å². The second kappa shape index (κ2) is 48.2. The van der Waals surface area contributed by atoms with Gasteiger partial charge in [0.2, 0.25) is 76.8 Å². The summed E-state index contributed by atoms with van der Waals surface area (Å²) in [6.45, 7) is 5.90. The molecule has 2 aromatic carbocycles. The van der Waals surface area contributed by atoms with Crippen molar-refractivity contribution in [2.24, 2.45) is 78.4 Å². The van der Waals surface area contributed by atoms with E-state index < -0.39 is 162 Å². The number of aromatic hydroxyl groups is 1. The summed E-state index contributed by atoms with van der Waals surface area (Å²) in [7, 11) is 1.83. The molecule has 2 aliphatic heterocycles. The standard InChI is InChI=1S/C69H112N24O14S2/c1-5-39(4)55-65(106)88-47(20-13-29-81-69(77)78)66(107)93-30-14-21-52(93)64(105)87-44(17-9-10-26-70)59(100)89-48(31-38(2)3)61(102)90-50(56(72)97)36-108-109-37-51(63(104)86-45(18-11-27-79-67(73)74)58(99)85-46(60(101)92-55)19-12-28-80-68(75)76)91-62(103)49(33-40-15-7-6-8-16-40)84-54(96)35-82-53(95)34-83-57(98)43(71)32-41-22-24-42(94)25-23-41/h6-8,15-16,22-25,38-39,43-52,55,94H,5,9-14,17-21,26-37,70-71H2,1-4H3,(H2,72,97)(H,82,95)(H,83,98)(H,84,96)(H,85,99)(H,86,104)(H,87,105)(H,88,106)(H,89,100)(H,90,102)(H,91,103)(H,92,101)(H4,73,74,79)(H4,75,76,80)(H4,77,78,81)/t39-,43-,44-,45-,46-,47-,48-,49-,50-,51+,52+,55+/m0/s1. The average molecular weight is 1570 g/mol. The van der Waals surface area contributed by atoms with E-state index in [1.807, 2.05) is 0 Å². The SMILES string of the molecule is CC[C@H](C)[C@H]1NC(=O)[C@H](CCCN=C(N)N)NC(=O)[C@H](CCCN=C(N)N)NC(=O)[C@H](NC(=O)[C@H](Cc2ccccc2)NC(=O)CNC(=O)CNC(=O)[C@@H](N)Cc2ccc(O)cc2)CSSC[C@@H](C(N)=O)NC(=O)[C@H](CC(C)C)NC(=O)[C@H](CCCCN)NC(=O)[C@H]2CCCN2C(=O)[C@H](CCCN=C(N)N)NC1=O. The summed E-state index contributed by atoms with van der Waals surface area (Å²) >= 11 is 0. The van der Waals surface area contributed by atoms with Crippen LogP contribution < -0.4 is 110 Å². The summed E-state index contributed by atoms with van der Waals surface area (Å²) in [6.07, 6.45) is 1.25. The number of aliphatic imine (C=N–C) groups is 3. The van der Waals surface area contributed by atoms with Gasteiger partial charge in [-0.05, 0) is 125 Å². The highest BCUT2D eigenvalue weighted by atomic mass is 33.1. The van der Waals surface area contributed by atoms with Gasteiger partial charge in [0.05, 0.1) is 19.1 Å². The van der Waals surface area contributed by atoms with Crippen LogP contribution in [0.3, 0.4) is 0 Å². The van der Waals surface area contributed by atoms with Crippen LogP contribution >= 0.6 is 21.6 Å². The molecule has 0 radical (unpaired) electrons. The smallest absolute Gasteiger partial charge is 0.245 e. The van der Waals surface area contributed by atoms with Gasteiger partial charge in [-0.2, -0.15) is 0 Å². The van der Waals surface area contributed by atoms with Crippen LogP contribution in [0.4, 0.5) is 0 Å². The van der Waals surface area contributed by atoms with Crippen molar-refractivity contribution >= 4 is 116 Å². The summed E-state index contributed by atoms with van der Waals surface area (Å²) in [5.41, 5.74) is 52.9. The molecule has 0 spiro atoms. The Morgan fingerprint density at radius 1 is 0.569 bits per heavy atom. The fourth-order valence-electron chi connectivity index (χ4n) is 11.6. The number of nitrogens with two attached hydrogens (primary N) is 9. The van der Waals surface area contributed by atoms with Crippen LogP contribution in [0.1, 0.15) is 122 Å². The number of hydrogen-bond acceptors (Lipinski definition) is 21. The summed E-state index contributed by atoms with van der Waals surface area (Å²) < 4.78 is 0. The monoisotopic (exact) mass is 1560 g/mol. The molecule has 13 amide bonds. The van der Waals surface area contributed by atoms with E-state index in [1.54, 1.807) is 70.2 Å².